The largest absolute Gasteiger partial charge is 0.550 e. The van der Waals surface area contributed by atoms with Crippen molar-refractivity contribution in [3.05, 3.63) is 22.1 Å². The van der Waals surface area contributed by atoms with Gasteiger partial charge in [-0.15, -0.1) is 16.4 Å². The summed E-state index contributed by atoms with van der Waals surface area (Å²) in [5.74, 6) is 0.956. The van der Waals surface area contributed by atoms with Gasteiger partial charge in [0.25, 0.3) is 0 Å². The van der Waals surface area contributed by atoms with Crippen molar-refractivity contribution in [2.45, 2.75) is 46.0 Å². The monoisotopic (exact) mass is 329 g/mol. The molecule has 6 nitrogen and oxygen atoms in total. The molecule has 0 N–H and O–H groups in total. The van der Waals surface area contributed by atoms with E-state index >= 15 is 0 Å². The van der Waals surface area contributed by atoms with Crippen molar-refractivity contribution in [3.63, 3.8) is 0 Å². The fourth-order valence-corrected chi connectivity index (χ4v) is 4.72. The number of carbonyl (C=O) groups is 1. The zero-order chi connectivity index (χ0) is 16.1. The molecule has 0 fully saturated rings. The van der Waals surface area contributed by atoms with Crippen LogP contribution in [0.25, 0.3) is 15.9 Å². The summed E-state index contributed by atoms with van der Waals surface area (Å²) in [6.07, 6.45) is 3.57. The minimum Gasteiger partial charge on any atom is -0.550 e. The number of aryl methyl sites for hydroxylation is 3. The van der Waals surface area contributed by atoms with Crippen LogP contribution in [-0.4, -0.2) is 25.6 Å². The second-order valence-electron chi connectivity index (χ2n) is 6.33. The zero-order valence-corrected chi connectivity index (χ0v) is 13.9. The summed E-state index contributed by atoms with van der Waals surface area (Å²) >= 11 is 1.76. The van der Waals surface area contributed by atoms with Crippen LogP contribution in [0.4, 0.5) is 0 Å². The molecule has 0 unspecified atom stereocenters. The number of carboxylic acid groups (broad SMARTS) is 1. The van der Waals surface area contributed by atoms with Gasteiger partial charge in [0.05, 0.1) is 5.39 Å². The van der Waals surface area contributed by atoms with E-state index in [1.807, 2.05) is 6.92 Å². The van der Waals surface area contributed by atoms with E-state index in [0.29, 0.717) is 11.7 Å². The van der Waals surface area contributed by atoms with Crippen molar-refractivity contribution in [1.29, 1.82) is 0 Å². The Labute approximate surface area is 137 Å². The molecule has 0 aliphatic heterocycles. The molecule has 3 aromatic heterocycles. The van der Waals surface area contributed by atoms with Gasteiger partial charge >= 0.3 is 0 Å². The summed E-state index contributed by atoms with van der Waals surface area (Å²) in [5, 5.41) is 16.2. The van der Waals surface area contributed by atoms with E-state index in [1.165, 1.54) is 16.9 Å². The lowest BCUT2D eigenvalue weighted by atomic mass is 9.89. The number of nitrogens with zero attached hydrogens (tertiary/aromatic N) is 4. The Bertz CT molecular complexity index is 927. The van der Waals surface area contributed by atoms with Crippen molar-refractivity contribution in [1.82, 2.24) is 19.6 Å². The Morgan fingerprint density at radius 3 is 3.04 bits per heavy atom. The van der Waals surface area contributed by atoms with Crippen LogP contribution >= 0.6 is 11.3 Å². The lowest BCUT2D eigenvalue weighted by molar-refractivity contribution is -0.305. The van der Waals surface area contributed by atoms with E-state index in [2.05, 4.69) is 17.0 Å². The van der Waals surface area contributed by atoms with E-state index < -0.39 is 5.97 Å². The average molecular weight is 329 g/mol. The van der Waals surface area contributed by atoms with Crippen LogP contribution in [-0.2, 0) is 24.1 Å². The smallest absolute Gasteiger partial charge is 0.168 e. The van der Waals surface area contributed by atoms with Gasteiger partial charge in [-0.05, 0) is 44.1 Å². The van der Waals surface area contributed by atoms with Gasteiger partial charge in [0.2, 0.25) is 0 Å². The van der Waals surface area contributed by atoms with Crippen molar-refractivity contribution in [2.24, 2.45) is 5.92 Å². The minimum atomic E-state index is -1.08. The van der Waals surface area contributed by atoms with E-state index in [4.69, 9.17) is 4.98 Å². The summed E-state index contributed by atoms with van der Waals surface area (Å²) in [4.78, 5) is 22.4. The van der Waals surface area contributed by atoms with Crippen LogP contribution in [0.3, 0.4) is 0 Å². The molecule has 7 heteroatoms. The Morgan fingerprint density at radius 2 is 2.26 bits per heavy atom. The molecule has 120 valence electrons. The first-order valence-corrected chi connectivity index (χ1v) is 8.71. The zero-order valence-electron chi connectivity index (χ0n) is 13.1. The molecule has 0 radical (unpaired) electrons. The maximum Gasteiger partial charge on any atom is 0.168 e. The molecule has 0 aromatic carbocycles. The lowest BCUT2D eigenvalue weighted by Gasteiger charge is -2.17. The van der Waals surface area contributed by atoms with E-state index in [-0.39, 0.29) is 12.8 Å². The number of hydrogen-bond acceptors (Lipinski definition) is 6. The lowest BCUT2D eigenvalue weighted by Crippen LogP contribution is -2.22. The molecule has 1 atom stereocenters. The van der Waals surface area contributed by atoms with Crippen molar-refractivity contribution < 1.29 is 9.90 Å². The number of thiophene rings is 1. The third-order valence-electron chi connectivity index (χ3n) is 4.49. The molecule has 23 heavy (non-hydrogen) atoms. The van der Waals surface area contributed by atoms with Gasteiger partial charge < -0.3 is 9.90 Å². The highest BCUT2D eigenvalue weighted by Crippen LogP contribution is 2.38. The Balaban J connectivity index is 1.90. The quantitative estimate of drug-likeness (QED) is 0.726. The molecule has 0 bridgehead atoms. The van der Waals surface area contributed by atoms with Crippen molar-refractivity contribution in [3.8, 4) is 0 Å². The summed E-state index contributed by atoms with van der Waals surface area (Å²) in [7, 11) is 0. The first kappa shape index (κ1) is 14.6. The molecule has 0 spiro atoms. The fourth-order valence-electron chi connectivity index (χ4n) is 3.30. The molecular formula is C16H17N4O2S-. The highest BCUT2D eigenvalue weighted by Gasteiger charge is 2.24. The third-order valence-corrected chi connectivity index (χ3v) is 5.64. The highest BCUT2D eigenvalue weighted by atomic mass is 32.1. The molecule has 3 aromatic rings. The minimum absolute atomic E-state index is 0.0637. The Hall–Kier alpha value is -2.02. The first-order valence-electron chi connectivity index (χ1n) is 7.89. The SMILES string of the molecule is Cc1nc2sc3c(c2c2nc(CCC(=O)[O-])nn12)CC[C@@H](C)C3. The second-order valence-corrected chi connectivity index (χ2v) is 7.41. The van der Waals surface area contributed by atoms with E-state index in [1.54, 1.807) is 15.9 Å². The number of hydrogen-bond donors (Lipinski definition) is 0. The number of carbonyl (C=O) groups excluding carboxylic acids is 1. The fraction of sp³-hybridized carbons (Fsp3) is 0.500. The molecule has 0 amide bonds. The number of aliphatic carboxylic acids is 1. The topological polar surface area (TPSA) is 83.2 Å². The van der Waals surface area contributed by atoms with Gasteiger partial charge in [0.15, 0.2) is 11.5 Å². The van der Waals surface area contributed by atoms with Gasteiger partial charge in [-0.2, -0.15) is 4.52 Å². The molecule has 0 saturated heterocycles. The summed E-state index contributed by atoms with van der Waals surface area (Å²) in [6, 6.07) is 0. The number of fused-ring (bicyclic) bond motifs is 5. The Morgan fingerprint density at radius 1 is 1.43 bits per heavy atom. The van der Waals surface area contributed by atoms with Gasteiger partial charge in [-0.3, -0.25) is 0 Å². The predicted molar refractivity (Wildman–Crippen MR) is 85.4 cm³/mol. The normalized spacial score (nSPS) is 17.7. The van der Waals surface area contributed by atoms with Crippen molar-refractivity contribution >= 4 is 33.2 Å². The second kappa shape index (κ2) is 5.26. The van der Waals surface area contributed by atoms with Gasteiger partial charge in [-0.25, -0.2) is 9.97 Å². The van der Waals surface area contributed by atoms with Gasteiger partial charge in [0, 0.05) is 17.3 Å². The maximum absolute atomic E-state index is 10.7. The van der Waals surface area contributed by atoms with Crippen LogP contribution < -0.4 is 5.11 Å². The predicted octanol–water partition coefficient (Wildman–Crippen LogP) is 1.45. The third kappa shape index (κ3) is 2.39. The van der Waals surface area contributed by atoms with Crippen LogP contribution in [0, 0.1) is 12.8 Å². The highest BCUT2D eigenvalue weighted by molar-refractivity contribution is 7.19. The first-order chi connectivity index (χ1) is 11.0. The van der Waals surface area contributed by atoms with Gasteiger partial charge in [0.1, 0.15) is 10.7 Å². The summed E-state index contributed by atoms with van der Waals surface area (Å²) in [6.45, 7) is 4.20. The van der Waals surface area contributed by atoms with Crippen LogP contribution in [0.5, 0.6) is 0 Å². The molecule has 1 aliphatic carbocycles. The summed E-state index contributed by atoms with van der Waals surface area (Å²) < 4.78 is 1.75. The van der Waals surface area contributed by atoms with Crippen LogP contribution in [0.1, 0.15) is 41.9 Å². The maximum atomic E-state index is 10.7. The average Bonchev–Trinajstić information content (AvgIpc) is 3.05. The van der Waals surface area contributed by atoms with E-state index in [9.17, 15) is 9.90 Å². The van der Waals surface area contributed by atoms with Gasteiger partial charge in [-0.1, -0.05) is 6.92 Å². The number of rotatable bonds is 3. The molecular weight excluding hydrogens is 312 g/mol. The number of aromatic nitrogens is 4. The standard InChI is InChI=1S/C16H18N4O2S/c1-8-3-4-10-11(7-8)23-16-14(10)15-18-12(5-6-13(21)22)19-20(15)9(2)17-16/h8H,3-7H2,1-2H3,(H,21,22)/p-1/t8-/m1/s1. The molecule has 1 aliphatic rings. The number of carboxylic acids is 1. The molecule has 0 saturated carbocycles. The van der Waals surface area contributed by atoms with Crippen molar-refractivity contribution in [2.75, 3.05) is 0 Å². The van der Waals surface area contributed by atoms with Crippen LogP contribution in [0.15, 0.2) is 0 Å². The molecule has 3 heterocycles. The van der Waals surface area contributed by atoms with E-state index in [0.717, 1.165) is 34.5 Å². The van der Waals surface area contributed by atoms with Crippen LogP contribution in [0.2, 0.25) is 0 Å². The molecule has 4 rings (SSSR count). The summed E-state index contributed by atoms with van der Waals surface area (Å²) in [5.41, 5.74) is 2.17. The Kier molecular flexibility index (Phi) is 3.33.